The van der Waals surface area contributed by atoms with Crippen LogP contribution in [0, 0.1) is 5.92 Å². The highest BCUT2D eigenvalue weighted by atomic mass is 14.8. The predicted octanol–water partition coefficient (Wildman–Crippen LogP) is 2.20. The standard InChI is InChI=1S/C9H19N/c1-4-9(2)7-5-6-8-10-3/h5,7,9-10H,4,6,8H2,1-3H3. The third-order valence-electron chi connectivity index (χ3n) is 1.67. The average molecular weight is 141 g/mol. The minimum Gasteiger partial charge on any atom is -0.319 e. The summed E-state index contributed by atoms with van der Waals surface area (Å²) >= 11 is 0. The van der Waals surface area contributed by atoms with Crippen LogP contribution < -0.4 is 5.32 Å². The minimum atomic E-state index is 0.747. The zero-order chi connectivity index (χ0) is 7.82. The van der Waals surface area contributed by atoms with E-state index in [1.165, 1.54) is 6.42 Å². The second-order valence-corrected chi connectivity index (χ2v) is 2.71. The van der Waals surface area contributed by atoms with Crippen molar-refractivity contribution in [2.24, 2.45) is 5.92 Å². The maximum Gasteiger partial charge on any atom is -0.00173 e. The summed E-state index contributed by atoms with van der Waals surface area (Å²) in [6, 6.07) is 0. The lowest BCUT2D eigenvalue weighted by Gasteiger charge is -1.98. The number of hydrogen-bond donors (Lipinski definition) is 1. The van der Waals surface area contributed by atoms with Crippen LogP contribution in [0.25, 0.3) is 0 Å². The Morgan fingerprint density at radius 2 is 2.20 bits per heavy atom. The monoisotopic (exact) mass is 141 g/mol. The topological polar surface area (TPSA) is 12.0 Å². The van der Waals surface area contributed by atoms with Crippen molar-refractivity contribution in [3.05, 3.63) is 12.2 Å². The summed E-state index contributed by atoms with van der Waals surface area (Å²) in [6.45, 7) is 5.55. The van der Waals surface area contributed by atoms with E-state index in [1.807, 2.05) is 7.05 Å². The van der Waals surface area contributed by atoms with Crippen LogP contribution in [0.4, 0.5) is 0 Å². The summed E-state index contributed by atoms with van der Waals surface area (Å²) in [5.41, 5.74) is 0. The van der Waals surface area contributed by atoms with Gasteiger partial charge in [-0.05, 0) is 25.9 Å². The molecule has 0 rings (SSSR count). The lowest BCUT2D eigenvalue weighted by atomic mass is 10.1. The lowest BCUT2D eigenvalue weighted by Crippen LogP contribution is -2.05. The van der Waals surface area contributed by atoms with Crippen molar-refractivity contribution < 1.29 is 0 Å². The summed E-state index contributed by atoms with van der Waals surface area (Å²) in [5, 5.41) is 3.11. The lowest BCUT2D eigenvalue weighted by molar-refractivity contribution is 0.692. The van der Waals surface area contributed by atoms with Crippen LogP contribution in [-0.4, -0.2) is 13.6 Å². The summed E-state index contributed by atoms with van der Waals surface area (Å²) in [6.07, 6.45) is 6.94. The molecule has 1 unspecified atom stereocenters. The first kappa shape index (κ1) is 9.70. The van der Waals surface area contributed by atoms with Crippen LogP contribution in [-0.2, 0) is 0 Å². The van der Waals surface area contributed by atoms with Gasteiger partial charge in [0.25, 0.3) is 0 Å². The normalized spacial score (nSPS) is 14.3. The van der Waals surface area contributed by atoms with Gasteiger partial charge in [0.05, 0.1) is 0 Å². The first-order valence-corrected chi connectivity index (χ1v) is 4.12. The van der Waals surface area contributed by atoms with E-state index in [1.54, 1.807) is 0 Å². The van der Waals surface area contributed by atoms with E-state index in [9.17, 15) is 0 Å². The van der Waals surface area contributed by atoms with E-state index in [-0.39, 0.29) is 0 Å². The molecule has 1 nitrogen and oxygen atoms in total. The molecule has 0 aliphatic heterocycles. The number of nitrogens with one attached hydrogen (secondary N) is 1. The van der Waals surface area contributed by atoms with E-state index in [0.29, 0.717) is 0 Å². The van der Waals surface area contributed by atoms with Crippen LogP contribution in [0.3, 0.4) is 0 Å². The van der Waals surface area contributed by atoms with Gasteiger partial charge in [-0.1, -0.05) is 32.4 Å². The molecule has 0 radical (unpaired) electrons. The number of rotatable bonds is 5. The van der Waals surface area contributed by atoms with Crippen molar-refractivity contribution in [1.82, 2.24) is 5.32 Å². The van der Waals surface area contributed by atoms with E-state index in [0.717, 1.165) is 18.9 Å². The van der Waals surface area contributed by atoms with E-state index in [4.69, 9.17) is 0 Å². The minimum absolute atomic E-state index is 0.747. The van der Waals surface area contributed by atoms with Gasteiger partial charge in [0.2, 0.25) is 0 Å². The van der Waals surface area contributed by atoms with Crippen molar-refractivity contribution in [3.8, 4) is 0 Å². The van der Waals surface area contributed by atoms with Crippen molar-refractivity contribution in [1.29, 1.82) is 0 Å². The summed E-state index contributed by atoms with van der Waals surface area (Å²) in [7, 11) is 1.98. The van der Waals surface area contributed by atoms with Gasteiger partial charge in [0, 0.05) is 0 Å². The van der Waals surface area contributed by atoms with Crippen LogP contribution in [0.5, 0.6) is 0 Å². The average Bonchev–Trinajstić information content (AvgIpc) is 1.98. The maximum atomic E-state index is 3.11. The zero-order valence-electron chi connectivity index (χ0n) is 7.35. The Bertz CT molecular complexity index is 86.7. The number of allylic oxidation sites excluding steroid dienone is 1. The van der Waals surface area contributed by atoms with Gasteiger partial charge in [-0.3, -0.25) is 0 Å². The predicted molar refractivity (Wildman–Crippen MR) is 47.1 cm³/mol. The first-order valence-electron chi connectivity index (χ1n) is 4.12. The fourth-order valence-electron chi connectivity index (χ4n) is 0.692. The van der Waals surface area contributed by atoms with E-state index >= 15 is 0 Å². The van der Waals surface area contributed by atoms with E-state index in [2.05, 4.69) is 31.3 Å². The molecule has 0 aromatic heterocycles. The largest absolute Gasteiger partial charge is 0.319 e. The van der Waals surface area contributed by atoms with Crippen molar-refractivity contribution >= 4 is 0 Å². The molecular formula is C9H19N. The van der Waals surface area contributed by atoms with E-state index < -0.39 is 0 Å². The fraction of sp³-hybridized carbons (Fsp3) is 0.778. The Hall–Kier alpha value is -0.300. The van der Waals surface area contributed by atoms with Gasteiger partial charge < -0.3 is 5.32 Å². The molecule has 0 aromatic rings. The third-order valence-corrected chi connectivity index (χ3v) is 1.67. The SMILES string of the molecule is CCC(C)C=CCCNC. The number of hydrogen-bond acceptors (Lipinski definition) is 1. The van der Waals surface area contributed by atoms with Gasteiger partial charge in [0.1, 0.15) is 0 Å². The van der Waals surface area contributed by atoms with Crippen molar-refractivity contribution in [3.63, 3.8) is 0 Å². The van der Waals surface area contributed by atoms with Crippen LogP contribution >= 0.6 is 0 Å². The maximum absolute atomic E-state index is 3.11. The molecule has 1 atom stereocenters. The Morgan fingerprint density at radius 1 is 1.50 bits per heavy atom. The molecule has 0 fully saturated rings. The molecule has 0 saturated heterocycles. The third kappa shape index (κ3) is 5.83. The molecule has 0 bridgehead atoms. The highest BCUT2D eigenvalue weighted by Gasteiger charge is 1.88. The molecule has 0 spiro atoms. The Balaban J connectivity index is 3.18. The van der Waals surface area contributed by atoms with Crippen molar-refractivity contribution in [2.75, 3.05) is 13.6 Å². The zero-order valence-corrected chi connectivity index (χ0v) is 7.35. The van der Waals surface area contributed by atoms with Crippen LogP contribution in [0.1, 0.15) is 26.7 Å². The van der Waals surface area contributed by atoms with Gasteiger partial charge in [-0.25, -0.2) is 0 Å². The smallest absolute Gasteiger partial charge is 0.00173 e. The molecule has 0 amide bonds. The summed E-state index contributed by atoms with van der Waals surface area (Å²) in [4.78, 5) is 0. The molecule has 1 heteroatoms. The quantitative estimate of drug-likeness (QED) is 0.457. The molecule has 0 heterocycles. The molecule has 0 saturated carbocycles. The summed E-state index contributed by atoms with van der Waals surface area (Å²) in [5.74, 6) is 0.747. The molecular weight excluding hydrogens is 122 g/mol. The highest BCUT2D eigenvalue weighted by Crippen LogP contribution is 2.01. The fourth-order valence-corrected chi connectivity index (χ4v) is 0.692. The molecule has 10 heavy (non-hydrogen) atoms. The molecule has 0 aliphatic carbocycles. The molecule has 1 N–H and O–H groups in total. The summed E-state index contributed by atoms with van der Waals surface area (Å²) < 4.78 is 0. The van der Waals surface area contributed by atoms with Gasteiger partial charge in [0.15, 0.2) is 0 Å². The molecule has 60 valence electrons. The second kappa shape index (κ2) is 6.81. The highest BCUT2D eigenvalue weighted by molar-refractivity contribution is 4.85. The second-order valence-electron chi connectivity index (χ2n) is 2.71. The molecule has 0 aromatic carbocycles. The first-order chi connectivity index (χ1) is 4.81. The van der Waals surface area contributed by atoms with Gasteiger partial charge in [-0.15, -0.1) is 0 Å². The molecule has 0 aliphatic rings. The van der Waals surface area contributed by atoms with Gasteiger partial charge >= 0.3 is 0 Å². The van der Waals surface area contributed by atoms with Crippen LogP contribution in [0.15, 0.2) is 12.2 Å². The van der Waals surface area contributed by atoms with Crippen LogP contribution in [0.2, 0.25) is 0 Å². The van der Waals surface area contributed by atoms with Crippen molar-refractivity contribution in [2.45, 2.75) is 26.7 Å². The van der Waals surface area contributed by atoms with Gasteiger partial charge in [-0.2, -0.15) is 0 Å². The Labute approximate surface area is 64.5 Å². The Morgan fingerprint density at radius 3 is 2.70 bits per heavy atom. The Kier molecular flexibility index (Phi) is 6.61.